The van der Waals surface area contributed by atoms with E-state index in [9.17, 15) is 4.79 Å². The van der Waals surface area contributed by atoms with E-state index in [1.54, 1.807) is 7.11 Å². The lowest BCUT2D eigenvalue weighted by Gasteiger charge is -2.27. The number of nitrogens with one attached hydrogen (secondary N) is 1. The summed E-state index contributed by atoms with van der Waals surface area (Å²) in [5, 5.41) is 5.29. The lowest BCUT2D eigenvalue weighted by molar-refractivity contribution is -0.722. The number of methoxy groups -OCH3 is 1. The second kappa shape index (κ2) is 9.16. The third-order valence-corrected chi connectivity index (χ3v) is 6.33. The number of ether oxygens (including phenoxy) is 1. The Balaban J connectivity index is 1.60. The number of hydrogen-bond donors (Lipinski definition) is 2. The molecule has 3 N–H and O–H groups in total. The molecule has 29 heavy (non-hydrogen) atoms. The van der Waals surface area contributed by atoms with Crippen molar-refractivity contribution in [2.24, 2.45) is 0 Å². The summed E-state index contributed by atoms with van der Waals surface area (Å²) in [4.78, 5) is 14.6. The van der Waals surface area contributed by atoms with Crippen molar-refractivity contribution < 1.29 is 14.8 Å². The standard InChI is InChI=1S/C24H24N2O2S/c1-28-19-11-7-10-18(16-19)25-24(27)23(17-8-3-2-4-9-17)26-21-14-15-29-22-13-6-5-12-20(21)22/h2-13,16,21,23,26H,14-15H2,1H3,(H,25,27)/p+1/t21-,23+/m1/s1. The topological polar surface area (TPSA) is 54.9 Å². The van der Waals surface area contributed by atoms with Crippen LogP contribution >= 0.6 is 11.8 Å². The Morgan fingerprint density at radius 1 is 1.07 bits per heavy atom. The number of hydrogen-bond acceptors (Lipinski definition) is 3. The zero-order chi connectivity index (χ0) is 20.1. The Morgan fingerprint density at radius 2 is 1.86 bits per heavy atom. The van der Waals surface area contributed by atoms with Crippen molar-refractivity contribution in [3.63, 3.8) is 0 Å². The van der Waals surface area contributed by atoms with Crippen LogP contribution in [0.3, 0.4) is 0 Å². The van der Waals surface area contributed by atoms with Crippen molar-refractivity contribution in [2.45, 2.75) is 23.4 Å². The fourth-order valence-electron chi connectivity index (χ4n) is 3.73. The normalized spacial score (nSPS) is 16.5. The van der Waals surface area contributed by atoms with Gasteiger partial charge in [0.25, 0.3) is 5.91 Å². The molecule has 0 saturated carbocycles. The second-order valence-electron chi connectivity index (χ2n) is 7.08. The smallest absolute Gasteiger partial charge is 0.287 e. The predicted molar refractivity (Wildman–Crippen MR) is 117 cm³/mol. The van der Waals surface area contributed by atoms with Crippen LogP contribution in [0.25, 0.3) is 0 Å². The Morgan fingerprint density at radius 3 is 2.69 bits per heavy atom. The summed E-state index contributed by atoms with van der Waals surface area (Å²) in [6.45, 7) is 0. The minimum absolute atomic E-state index is 0.0276. The maximum Gasteiger partial charge on any atom is 0.287 e. The molecule has 4 rings (SSSR count). The first-order valence-electron chi connectivity index (χ1n) is 9.81. The highest BCUT2D eigenvalue weighted by Gasteiger charge is 2.31. The molecular formula is C24H25N2O2S+. The van der Waals surface area contributed by atoms with Crippen LogP contribution in [-0.2, 0) is 4.79 Å². The van der Waals surface area contributed by atoms with Gasteiger partial charge in [0.2, 0.25) is 0 Å². The van der Waals surface area contributed by atoms with E-state index in [1.807, 2.05) is 66.4 Å². The van der Waals surface area contributed by atoms with Crippen molar-refractivity contribution in [1.29, 1.82) is 0 Å². The summed E-state index contributed by atoms with van der Waals surface area (Å²) in [7, 11) is 1.63. The van der Waals surface area contributed by atoms with Gasteiger partial charge in [-0.1, -0.05) is 54.6 Å². The molecule has 1 heterocycles. The number of nitrogens with two attached hydrogens (primary N) is 1. The lowest BCUT2D eigenvalue weighted by Crippen LogP contribution is -2.88. The van der Waals surface area contributed by atoms with Crippen LogP contribution in [0.2, 0.25) is 0 Å². The molecule has 0 radical (unpaired) electrons. The van der Waals surface area contributed by atoms with Gasteiger partial charge in [-0.15, -0.1) is 11.8 Å². The Hall–Kier alpha value is -2.76. The van der Waals surface area contributed by atoms with Gasteiger partial charge in [-0.3, -0.25) is 4.79 Å². The van der Waals surface area contributed by atoms with Crippen molar-refractivity contribution in [1.82, 2.24) is 0 Å². The predicted octanol–water partition coefficient (Wildman–Crippen LogP) is 4.18. The van der Waals surface area contributed by atoms with E-state index in [0.29, 0.717) is 0 Å². The van der Waals surface area contributed by atoms with Crippen molar-refractivity contribution >= 4 is 23.4 Å². The van der Waals surface area contributed by atoms with Crippen LogP contribution in [0, 0.1) is 0 Å². The Labute approximate surface area is 175 Å². The first kappa shape index (κ1) is 19.6. The van der Waals surface area contributed by atoms with Gasteiger partial charge in [0.1, 0.15) is 11.8 Å². The molecule has 1 amide bonds. The van der Waals surface area contributed by atoms with E-state index in [-0.39, 0.29) is 18.0 Å². The number of amides is 1. The highest BCUT2D eigenvalue weighted by atomic mass is 32.2. The summed E-state index contributed by atoms with van der Waals surface area (Å²) in [5.74, 6) is 1.76. The van der Waals surface area contributed by atoms with Crippen molar-refractivity contribution in [2.75, 3.05) is 18.2 Å². The third kappa shape index (κ3) is 4.63. The van der Waals surface area contributed by atoms with Crippen molar-refractivity contribution in [3.8, 4) is 5.75 Å². The van der Waals surface area contributed by atoms with Gasteiger partial charge in [-0.2, -0.15) is 0 Å². The third-order valence-electron chi connectivity index (χ3n) is 5.21. The largest absolute Gasteiger partial charge is 0.497 e. The summed E-state index contributed by atoms with van der Waals surface area (Å²) in [6.07, 6.45) is 1.04. The molecule has 4 nitrogen and oxygen atoms in total. The van der Waals surface area contributed by atoms with Crippen LogP contribution in [0.4, 0.5) is 5.69 Å². The molecular weight excluding hydrogens is 380 g/mol. The molecule has 0 aliphatic carbocycles. The lowest BCUT2D eigenvalue weighted by atomic mass is 9.99. The number of carbonyl (C=O) groups excluding carboxylic acids is 1. The van der Waals surface area contributed by atoms with Gasteiger partial charge in [0.15, 0.2) is 6.04 Å². The number of rotatable bonds is 6. The molecule has 148 valence electrons. The fraction of sp³-hybridized carbons (Fsp3) is 0.208. The number of quaternary nitrogens is 1. The second-order valence-corrected chi connectivity index (χ2v) is 8.22. The molecule has 3 aromatic rings. The highest BCUT2D eigenvalue weighted by Crippen LogP contribution is 2.34. The molecule has 1 aliphatic rings. The quantitative estimate of drug-likeness (QED) is 0.647. The van der Waals surface area contributed by atoms with Gasteiger partial charge in [0, 0.05) is 39.9 Å². The molecule has 1 aliphatic heterocycles. The molecule has 3 aromatic carbocycles. The van der Waals surface area contributed by atoms with Crippen molar-refractivity contribution in [3.05, 3.63) is 90.0 Å². The first-order valence-corrected chi connectivity index (χ1v) is 10.8. The summed E-state index contributed by atoms with van der Waals surface area (Å²) in [6, 6.07) is 25.9. The van der Waals surface area contributed by atoms with Crippen LogP contribution in [0.1, 0.15) is 29.6 Å². The fourth-order valence-corrected chi connectivity index (χ4v) is 4.89. The molecule has 0 fully saturated rings. The molecule has 0 spiro atoms. The van der Waals surface area contributed by atoms with E-state index >= 15 is 0 Å². The minimum atomic E-state index is -0.330. The van der Waals surface area contributed by atoms with E-state index in [0.717, 1.165) is 29.2 Å². The van der Waals surface area contributed by atoms with Gasteiger partial charge >= 0.3 is 0 Å². The van der Waals surface area contributed by atoms with Crippen LogP contribution < -0.4 is 15.4 Å². The molecule has 0 aromatic heterocycles. The Bertz CT molecular complexity index is 977. The number of anilines is 1. The summed E-state index contributed by atoms with van der Waals surface area (Å²) < 4.78 is 5.28. The van der Waals surface area contributed by atoms with Crippen LogP contribution in [0.15, 0.2) is 83.8 Å². The number of thioether (sulfide) groups is 1. The monoisotopic (exact) mass is 405 g/mol. The van der Waals surface area contributed by atoms with Gasteiger partial charge in [-0.25, -0.2) is 0 Å². The SMILES string of the molecule is COc1cccc(NC(=O)[C@@H]([NH2+][C@@H]2CCSc3ccccc32)c2ccccc2)c1. The average Bonchev–Trinajstić information content (AvgIpc) is 2.78. The number of benzene rings is 3. The number of carbonyl (C=O) groups is 1. The van der Waals surface area contributed by atoms with Gasteiger partial charge in [-0.05, 0) is 18.2 Å². The van der Waals surface area contributed by atoms with Gasteiger partial charge < -0.3 is 15.4 Å². The summed E-state index contributed by atoms with van der Waals surface area (Å²) >= 11 is 1.90. The maximum absolute atomic E-state index is 13.3. The molecule has 2 atom stereocenters. The molecule has 0 bridgehead atoms. The minimum Gasteiger partial charge on any atom is -0.497 e. The maximum atomic E-state index is 13.3. The van der Waals surface area contributed by atoms with Crippen LogP contribution in [-0.4, -0.2) is 18.8 Å². The Kier molecular flexibility index (Phi) is 6.17. The molecule has 5 heteroatoms. The first-order chi connectivity index (χ1) is 14.2. The summed E-state index contributed by atoms with van der Waals surface area (Å²) in [5.41, 5.74) is 3.06. The number of fused-ring (bicyclic) bond motifs is 1. The molecule has 0 saturated heterocycles. The van der Waals surface area contributed by atoms with E-state index < -0.39 is 0 Å². The van der Waals surface area contributed by atoms with Crippen LogP contribution in [0.5, 0.6) is 5.75 Å². The van der Waals surface area contributed by atoms with E-state index in [2.05, 4.69) is 34.9 Å². The zero-order valence-corrected chi connectivity index (χ0v) is 17.2. The van der Waals surface area contributed by atoms with Gasteiger partial charge in [0.05, 0.1) is 7.11 Å². The zero-order valence-electron chi connectivity index (χ0n) is 16.4. The average molecular weight is 406 g/mol. The highest BCUT2D eigenvalue weighted by molar-refractivity contribution is 7.99. The molecule has 0 unspecified atom stereocenters. The van der Waals surface area contributed by atoms with E-state index in [4.69, 9.17) is 4.74 Å². The van der Waals surface area contributed by atoms with E-state index in [1.165, 1.54) is 10.5 Å².